The summed E-state index contributed by atoms with van der Waals surface area (Å²) in [6.07, 6.45) is 7.09. The Morgan fingerprint density at radius 3 is 2.43 bits per heavy atom. The monoisotopic (exact) mass is 300 g/mol. The van der Waals surface area contributed by atoms with E-state index in [1.165, 1.54) is 0 Å². The van der Waals surface area contributed by atoms with E-state index in [-0.39, 0.29) is 6.61 Å². The normalized spacial score (nSPS) is 23.5. The molecule has 1 fully saturated rings. The molecule has 0 bridgehead atoms. The summed E-state index contributed by atoms with van der Waals surface area (Å²) >= 11 is 0. The molecule has 1 saturated carbocycles. The lowest BCUT2D eigenvalue weighted by atomic mass is 9.79. The van der Waals surface area contributed by atoms with Crippen LogP contribution >= 0.6 is 0 Å². The molecule has 5 heteroatoms. The van der Waals surface area contributed by atoms with Crippen LogP contribution in [0.2, 0.25) is 0 Å². The number of carboxylic acid groups (broad SMARTS) is 1. The van der Waals surface area contributed by atoms with E-state index < -0.39 is 29.9 Å². The van der Waals surface area contributed by atoms with Crippen molar-refractivity contribution in [2.45, 2.75) is 70.8 Å². The molecule has 21 heavy (non-hydrogen) atoms. The number of carbonyl (C=O) groups is 2. The highest BCUT2D eigenvalue weighted by molar-refractivity contribution is 5.81. The summed E-state index contributed by atoms with van der Waals surface area (Å²) in [6.45, 7) is 2.11. The number of hydrogen-bond donors (Lipinski definition) is 2. The number of esters is 1. The van der Waals surface area contributed by atoms with Crippen molar-refractivity contribution in [2.75, 3.05) is 6.61 Å². The molecule has 3 unspecified atom stereocenters. The van der Waals surface area contributed by atoms with E-state index in [1.54, 1.807) is 0 Å². The molecule has 122 valence electrons. The van der Waals surface area contributed by atoms with E-state index >= 15 is 0 Å². The first-order valence-corrected chi connectivity index (χ1v) is 8.13. The Bertz CT molecular complexity index is 329. The van der Waals surface area contributed by atoms with Gasteiger partial charge in [0.1, 0.15) is 6.61 Å². The van der Waals surface area contributed by atoms with Crippen molar-refractivity contribution in [3.8, 4) is 0 Å². The fourth-order valence-electron chi connectivity index (χ4n) is 2.88. The molecule has 0 radical (unpaired) electrons. The van der Waals surface area contributed by atoms with E-state index in [1.807, 2.05) is 0 Å². The van der Waals surface area contributed by atoms with Crippen LogP contribution in [0.4, 0.5) is 0 Å². The number of aliphatic hydroxyl groups is 1. The highest BCUT2D eigenvalue weighted by atomic mass is 16.5. The molecule has 5 nitrogen and oxygen atoms in total. The predicted octanol–water partition coefficient (Wildman–Crippen LogP) is 2.75. The summed E-state index contributed by atoms with van der Waals surface area (Å²) in [7, 11) is 0. The van der Waals surface area contributed by atoms with E-state index in [0.717, 1.165) is 38.5 Å². The molecule has 0 aromatic rings. The van der Waals surface area contributed by atoms with Crippen molar-refractivity contribution >= 4 is 11.9 Å². The Balaban J connectivity index is 2.29. The summed E-state index contributed by atoms with van der Waals surface area (Å²) in [5, 5.41) is 18.9. The number of unbranched alkanes of at least 4 members (excludes halogenated alkanes) is 3. The standard InChI is InChI=1S/C16H28O5/c1-2-3-4-5-8-12(17)11-21-16(20)14-10-7-6-9-13(14)15(18)19/h12-14,17H,2-11H2,1H3,(H,18,19). The van der Waals surface area contributed by atoms with Gasteiger partial charge < -0.3 is 14.9 Å². The summed E-state index contributed by atoms with van der Waals surface area (Å²) in [5.74, 6) is -2.57. The second-order valence-corrected chi connectivity index (χ2v) is 5.97. The number of aliphatic hydroxyl groups excluding tert-OH is 1. The minimum Gasteiger partial charge on any atom is -0.481 e. The van der Waals surface area contributed by atoms with Crippen LogP contribution in [0.5, 0.6) is 0 Å². The SMILES string of the molecule is CCCCCCC(O)COC(=O)C1CCCCC1C(=O)O. The Labute approximate surface area is 126 Å². The molecule has 0 amide bonds. The van der Waals surface area contributed by atoms with Gasteiger partial charge in [-0.3, -0.25) is 9.59 Å². The van der Waals surface area contributed by atoms with Gasteiger partial charge >= 0.3 is 11.9 Å². The third-order valence-corrected chi connectivity index (χ3v) is 4.19. The van der Waals surface area contributed by atoms with Crippen LogP contribution in [-0.2, 0) is 14.3 Å². The van der Waals surface area contributed by atoms with Crippen LogP contribution in [0.25, 0.3) is 0 Å². The maximum Gasteiger partial charge on any atom is 0.309 e. The minimum absolute atomic E-state index is 0.0200. The molecule has 0 aliphatic heterocycles. The number of carboxylic acids is 1. The quantitative estimate of drug-likeness (QED) is 0.505. The molecule has 2 N–H and O–H groups in total. The van der Waals surface area contributed by atoms with Crippen molar-refractivity contribution < 1.29 is 24.5 Å². The smallest absolute Gasteiger partial charge is 0.309 e. The van der Waals surface area contributed by atoms with E-state index in [9.17, 15) is 14.7 Å². The van der Waals surface area contributed by atoms with E-state index in [4.69, 9.17) is 9.84 Å². The Kier molecular flexibility index (Phi) is 8.35. The Hall–Kier alpha value is -1.10. The Morgan fingerprint density at radius 2 is 1.81 bits per heavy atom. The molecule has 1 rings (SSSR count). The van der Waals surface area contributed by atoms with Crippen molar-refractivity contribution in [3.05, 3.63) is 0 Å². The van der Waals surface area contributed by atoms with Gasteiger partial charge in [-0.15, -0.1) is 0 Å². The van der Waals surface area contributed by atoms with Crippen LogP contribution in [0, 0.1) is 11.8 Å². The fourth-order valence-corrected chi connectivity index (χ4v) is 2.88. The van der Waals surface area contributed by atoms with Crippen LogP contribution in [0.15, 0.2) is 0 Å². The zero-order valence-corrected chi connectivity index (χ0v) is 12.9. The van der Waals surface area contributed by atoms with E-state index in [0.29, 0.717) is 19.3 Å². The number of ether oxygens (including phenoxy) is 1. The van der Waals surface area contributed by atoms with Crippen LogP contribution < -0.4 is 0 Å². The average Bonchev–Trinajstić information content (AvgIpc) is 2.49. The number of aliphatic carboxylic acids is 1. The predicted molar refractivity (Wildman–Crippen MR) is 78.8 cm³/mol. The third kappa shape index (κ3) is 6.46. The third-order valence-electron chi connectivity index (χ3n) is 4.19. The highest BCUT2D eigenvalue weighted by Crippen LogP contribution is 2.31. The van der Waals surface area contributed by atoms with Crippen molar-refractivity contribution in [1.29, 1.82) is 0 Å². The van der Waals surface area contributed by atoms with Crippen LogP contribution in [0.3, 0.4) is 0 Å². The fraction of sp³-hybridized carbons (Fsp3) is 0.875. The Morgan fingerprint density at radius 1 is 1.14 bits per heavy atom. The largest absolute Gasteiger partial charge is 0.481 e. The minimum atomic E-state index is -0.920. The second-order valence-electron chi connectivity index (χ2n) is 5.97. The topological polar surface area (TPSA) is 83.8 Å². The lowest BCUT2D eigenvalue weighted by Crippen LogP contribution is -2.35. The number of carbonyl (C=O) groups excluding carboxylic acids is 1. The second kappa shape index (κ2) is 9.77. The summed E-state index contributed by atoms with van der Waals surface area (Å²) in [4.78, 5) is 23.2. The van der Waals surface area contributed by atoms with Gasteiger partial charge in [0.2, 0.25) is 0 Å². The molecule has 0 saturated heterocycles. The van der Waals surface area contributed by atoms with Crippen molar-refractivity contribution in [1.82, 2.24) is 0 Å². The first-order valence-electron chi connectivity index (χ1n) is 8.13. The van der Waals surface area contributed by atoms with Crippen molar-refractivity contribution in [2.24, 2.45) is 11.8 Å². The first kappa shape index (κ1) is 18.0. The van der Waals surface area contributed by atoms with Gasteiger partial charge in [-0.25, -0.2) is 0 Å². The van der Waals surface area contributed by atoms with Gasteiger partial charge in [0.05, 0.1) is 17.9 Å². The van der Waals surface area contributed by atoms with Gasteiger partial charge in [-0.1, -0.05) is 45.4 Å². The summed E-state index contributed by atoms with van der Waals surface area (Å²) in [5.41, 5.74) is 0. The van der Waals surface area contributed by atoms with Gasteiger partial charge in [-0.2, -0.15) is 0 Å². The van der Waals surface area contributed by atoms with E-state index in [2.05, 4.69) is 6.92 Å². The zero-order valence-electron chi connectivity index (χ0n) is 12.9. The van der Waals surface area contributed by atoms with Gasteiger partial charge in [0.15, 0.2) is 0 Å². The van der Waals surface area contributed by atoms with Crippen LogP contribution in [-0.4, -0.2) is 34.9 Å². The average molecular weight is 300 g/mol. The van der Waals surface area contributed by atoms with Gasteiger partial charge in [0, 0.05) is 0 Å². The lowest BCUT2D eigenvalue weighted by Gasteiger charge is -2.27. The molecule has 1 aliphatic rings. The molecular weight excluding hydrogens is 272 g/mol. The molecule has 1 aliphatic carbocycles. The molecule has 3 atom stereocenters. The molecular formula is C16H28O5. The molecule has 0 heterocycles. The van der Waals surface area contributed by atoms with Crippen LogP contribution in [0.1, 0.15) is 64.7 Å². The zero-order chi connectivity index (χ0) is 15.7. The van der Waals surface area contributed by atoms with Gasteiger partial charge in [0.25, 0.3) is 0 Å². The molecule has 0 aromatic heterocycles. The molecule has 0 spiro atoms. The number of rotatable bonds is 9. The van der Waals surface area contributed by atoms with Gasteiger partial charge in [-0.05, 0) is 19.3 Å². The summed E-state index contributed by atoms with van der Waals surface area (Å²) < 4.78 is 5.13. The van der Waals surface area contributed by atoms with Crippen molar-refractivity contribution in [3.63, 3.8) is 0 Å². The maximum absolute atomic E-state index is 12.0. The first-order chi connectivity index (χ1) is 10.1. The summed E-state index contributed by atoms with van der Waals surface area (Å²) in [6, 6.07) is 0. The molecule has 0 aromatic carbocycles. The lowest BCUT2D eigenvalue weighted by molar-refractivity contribution is -0.161. The highest BCUT2D eigenvalue weighted by Gasteiger charge is 2.36. The number of hydrogen-bond acceptors (Lipinski definition) is 4. The maximum atomic E-state index is 12.0.